The second-order valence-electron chi connectivity index (χ2n) is 7.65. The van der Waals surface area contributed by atoms with Crippen molar-refractivity contribution in [2.24, 2.45) is 23.7 Å². The van der Waals surface area contributed by atoms with Gasteiger partial charge in [-0.15, -0.1) is 0 Å². The number of halogens is 1. The Bertz CT molecular complexity index is 724. The van der Waals surface area contributed by atoms with Gasteiger partial charge in [0.1, 0.15) is 5.75 Å². The molecule has 1 unspecified atom stereocenters. The van der Waals surface area contributed by atoms with Gasteiger partial charge in [-0.05, 0) is 67.9 Å². The van der Waals surface area contributed by atoms with E-state index in [2.05, 4.69) is 0 Å². The van der Waals surface area contributed by atoms with Gasteiger partial charge in [0.15, 0.2) is 5.60 Å². The normalized spacial score (nSPS) is 49.5. The summed E-state index contributed by atoms with van der Waals surface area (Å²) in [7, 11) is -2.67. The van der Waals surface area contributed by atoms with Crippen LogP contribution in [-0.2, 0) is 20.3 Å². The molecule has 4 saturated carbocycles. The summed E-state index contributed by atoms with van der Waals surface area (Å²) in [6.45, 7) is 0. The molecule has 5 heteroatoms. The molecule has 5 aliphatic rings. The molecule has 1 atom stereocenters. The van der Waals surface area contributed by atoms with Crippen molar-refractivity contribution in [2.45, 2.75) is 43.5 Å². The van der Waals surface area contributed by atoms with Crippen molar-refractivity contribution in [1.82, 2.24) is 0 Å². The smallest absolute Gasteiger partial charge is 0.260 e. The predicted molar refractivity (Wildman–Crippen MR) is 83.7 cm³/mol. The minimum Gasteiger partial charge on any atom is -0.506 e. The highest BCUT2D eigenvalue weighted by molar-refractivity contribution is 6.32. The number of benzene rings is 1. The van der Waals surface area contributed by atoms with Crippen molar-refractivity contribution in [3.05, 3.63) is 28.8 Å². The number of phenols is 1. The molecule has 23 heavy (non-hydrogen) atoms. The number of aromatic hydroxyl groups is 1. The minimum atomic E-state index is -2.67. The molecular formula is C18H21ClO4. The number of hydrogen-bond donors (Lipinski definition) is 1. The third-order valence-corrected chi connectivity index (χ3v) is 6.95. The molecule has 124 valence electrons. The fraction of sp³-hybridized carbons (Fsp3) is 0.667. The molecule has 4 bridgehead atoms. The van der Waals surface area contributed by atoms with Crippen LogP contribution in [0.1, 0.15) is 41.8 Å². The molecule has 1 aliphatic heterocycles. The highest BCUT2D eigenvalue weighted by Crippen LogP contribution is 2.69. The molecule has 1 aromatic rings. The Morgan fingerprint density at radius 1 is 1.17 bits per heavy atom. The first kappa shape index (κ1) is 11.7. The number of phenolic OH excluding ortho intramolecular Hbond substituents is 1. The van der Waals surface area contributed by atoms with Crippen molar-refractivity contribution < 1.29 is 23.7 Å². The fourth-order valence-corrected chi connectivity index (χ4v) is 6.04. The average Bonchev–Trinajstić information content (AvgIpc) is 2.52. The van der Waals surface area contributed by atoms with E-state index in [-0.39, 0.29) is 22.6 Å². The summed E-state index contributed by atoms with van der Waals surface area (Å²) in [5, 5.41) is 10.3. The fourth-order valence-electron chi connectivity index (χ4n) is 5.92. The molecule has 1 heterocycles. The van der Waals surface area contributed by atoms with Crippen LogP contribution in [0.3, 0.4) is 0 Å². The standard InChI is InChI=1S/C18H21ClO4/c1-21-18(12-2-3-15(19)16(20)9-12)17(22-23-18)13-5-10-4-11(7-13)8-14(17)6-10/h2-3,9-11,13-14,20H,4-8H2,1H3/i1D3. The lowest BCUT2D eigenvalue weighted by atomic mass is 9.47. The van der Waals surface area contributed by atoms with E-state index in [0.717, 1.165) is 25.7 Å². The van der Waals surface area contributed by atoms with Crippen LogP contribution < -0.4 is 0 Å². The Morgan fingerprint density at radius 3 is 2.39 bits per heavy atom. The van der Waals surface area contributed by atoms with Gasteiger partial charge in [0.2, 0.25) is 0 Å². The number of rotatable bonds is 2. The van der Waals surface area contributed by atoms with E-state index in [1.807, 2.05) is 0 Å². The van der Waals surface area contributed by atoms with Gasteiger partial charge in [-0.3, -0.25) is 0 Å². The molecule has 1 N–H and O–H groups in total. The quantitative estimate of drug-likeness (QED) is 0.827. The maximum Gasteiger partial charge on any atom is 0.260 e. The number of methoxy groups -OCH3 is 1. The predicted octanol–water partition coefficient (Wildman–Crippen LogP) is 4.00. The summed E-state index contributed by atoms with van der Waals surface area (Å²) >= 11 is 5.95. The maximum atomic E-state index is 10.1. The highest BCUT2D eigenvalue weighted by Gasteiger charge is 2.76. The number of ether oxygens (including phenoxy) is 1. The first-order valence-electron chi connectivity index (χ1n) is 9.79. The summed E-state index contributed by atoms with van der Waals surface area (Å²) in [6.07, 6.45) is 5.27. The van der Waals surface area contributed by atoms with Crippen LogP contribution in [0, 0.1) is 23.7 Å². The second-order valence-corrected chi connectivity index (χ2v) is 8.06. The Balaban J connectivity index is 1.64. The van der Waals surface area contributed by atoms with Crippen LogP contribution in [-0.4, -0.2) is 17.7 Å². The molecule has 6 rings (SSSR count). The van der Waals surface area contributed by atoms with Crippen LogP contribution in [0.2, 0.25) is 5.02 Å². The lowest BCUT2D eigenvalue weighted by molar-refractivity contribution is -0.645. The summed E-state index contributed by atoms with van der Waals surface area (Å²) in [5.74, 6) is 0.0449. The van der Waals surface area contributed by atoms with Crippen LogP contribution in [0.25, 0.3) is 0 Å². The lowest BCUT2D eigenvalue weighted by Crippen LogP contribution is -2.76. The van der Waals surface area contributed by atoms with Gasteiger partial charge in [-0.1, -0.05) is 17.7 Å². The van der Waals surface area contributed by atoms with E-state index < -0.39 is 18.4 Å². The molecular weight excluding hydrogens is 316 g/mol. The zero-order chi connectivity index (χ0) is 18.3. The van der Waals surface area contributed by atoms with Crippen LogP contribution in [0.4, 0.5) is 0 Å². The van der Waals surface area contributed by atoms with Gasteiger partial charge in [0.05, 0.1) is 9.13 Å². The SMILES string of the molecule is [2H]C([2H])([2H])OC1(c2ccc(Cl)c(O)c2)OOC12C1CC3CC(C1)CC2C3. The van der Waals surface area contributed by atoms with E-state index in [1.165, 1.54) is 18.6 Å². The molecule has 4 nitrogen and oxygen atoms in total. The van der Waals surface area contributed by atoms with Crippen LogP contribution in [0.5, 0.6) is 5.75 Å². The van der Waals surface area contributed by atoms with E-state index in [4.69, 9.17) is 30.2 Å². The van der Waals surface area contributed by atoms with Crippen molar-refractivity contribution in [3.63, 3.8) is 0 Å². The molecule has 0 radical (unpaired) electrons. The van der Waals surface area contributed by atoms with Crippen molar-refractivity contribution in [3.8, 4) is 5.75 Å². The molecule has 1 spiro atoms. The van der Waals surface area contributed by atoms with Crippen molar-refractivity contribution in [2.75, 3.05) is 7.04 Å². The summed E-state index contributed by atoms with van der Waals surface area (Å²) in [4.78, 5) is 11.3. The Labute approximate surface area is 144 Å². The first-order valence-corrected chi connectivity index (χ1v) is 8.67. The maximum absolute atomic E-state index is 10.1. The zero-order valence-corrected chi connectivity index (χ0v) is 13.4. The Kier molecular flexibility index (Phi) is 2.35. The topological polar surface area (TPSA) is 47.9 Å². The molecule has 0 amide bonds. The molecule has 4 aliphatic carbocycles. The molecule has 1 saturated heterocycles. The molecule has 1 aromatic carbocycles. The Morgan fingerprint density at radius 2 is 1.87 bits per heavy atom. The number of hydrogen-bond acceptors (Lipinski definition) is 4. The first-order chi connectivity index (χ1) is 12.2. The van der Waals surface area contributed by atoms with E-state index in [9.17, 15) is 5.11 Å². The summed E-state index contributed by atoms with van der Waals surface area (Å²) in [5.41, 5.74) is -0.385. The van der Waals surface area contributed by atoms with Crippen molar-refractivity contribution >= 4 is 11.6 Å². The van der Waals surface area contributed by atoms with Gasteiger partial charge in [-0.25, -0.2) is 4.89 Å². The van der Waals surface area contributed by atoms with E-state index >= 15 is 0 Å². The lowest BCUT2D eigenvalue weighted by Gasteiger charge is -2.68. The second kappa shape index (κ2) is 4.63. The zero-order valence-electron chi connectivity index (χ0n) is 15.6. The largest absolute Gasteiger partial charge is 0.506 e. The monoisotopic (exact) mass is 339 g/mol. The summed E-state index contributed by atoms with van der Waals surface area (Å²) in [6, 6.07) is 4.62. The third-order valence-electron chi connectivity index (χ3n) is 6.63. The minimum absolute atomic E-state index is 0.132. The van der Waals surface area contributed by atoms with Gasteiger partial charge in [0.25, 0.3) is 5.79 Å². The highest BCUT2D eigenvalue weighted by atomic mass is 35.5. The van der Waals surface area contributed by atoms with Gasteiger partial charge < -0.3 is 9.84 Å². The summed E-state index contributed by atoms with van der Waals surface area (Å²) < 4.78 is 28.8. The van der Waals surface area contributed by atoms with E-state index in [1.54, 1.807) is 6.07 Å². The van der Waals surface area contributed by atoms with Gasteiger partial charge in [0, 0.05) is 12.6 Å². The molecule has 5 fully saturated rings. The van der Waals surface area contributed by atoms with Crippen LogP contribution in [0.15, 0.2) is 18.2 Å². The molecule has 0 aromatic heterocycles. The van der Waals surface area contributed by atoms with Gasteiger partial charge in [-0.2, -0.15) is 4.89 Å². The van der Waals surface area contributed by atoms with E-state index in [0.29, 0.717) is 17.4 Å². The van der Waals surface area contributed by atoms with Gasteiger partial charge >= 0.3 is 0 Å². The van der Waals surface area contributed by atoms with Crippen LogP contribution >= 0.6 is 11.6 Å². The average molecular weight is 340 g/mol. The third kappa shape index (κ3) is 1.63. The van der Waals surface area contributed by atoms with Crippen molar-refractivity contribution in [1.29, 1.82) is 0 Å². The Hall–Kier alpha value is -0.810.